The fraction of sp³-hybridized carbons (Fsp3) is 0.438. The average molecular weight is 293 g/mol. The quantitative estimate of drug-likeness (QED) is 0.530. The van der Waals surface area contributed by atoms with E-state index in [1.54, 1.807) is 6.07 Å². The van der Waals surface area contributed by atoms with E-state index >= 15 is 0 Å². The number of carbonyl (C=O) groups excluding carboxylic acids is 1. The minimum absolute atomic E-state index is 0.0510. The maximum Gasteiger partial charge on any atom is 0.258 e. The normalized spacial score (nSPS) is 10.0. The zero-order valence-corrected chi connectivity index (χ0v) is 12.7. The van der Waals surface area contributed by atoms with Crippen molar-refractivity contribution in [2.24, 2.45) is 0 Å². The highest BCUT2D eigenvalue weighted by molar-refractivity contribution is 5.77. The van der Waals surface area contributed by atoms with Crippen LogP contribution in [0.25, 0.3) is 0 Å². The van der Waals surface area contributed by atoms with Gasteiger partial charge in [0, 0.05) is 6.54 Å². The van der Waals surface area contributed by atoms with Crippen molar-refractivity contribution in [2.75, 3.05) is 33.0 Å². The van der Waals surface area contributed by atoms with Crippen molar-refractivity contribution in [1.82, 2.24) is 5.32 Å². The van der Waals surface area contributed by atoms with Crippen molar-refractivity contribution >= 4 is 5.91 Å². The van der Waals surface area contributed by atoms with Crippen LogP contribution >= 0.6 is 0 Å². The Morgan fingerprint density at radius 2 is 1.86 bits per heavy atom. The lowest BCUT2D eigenvalue weighted by Gasteiger charge is -2.11. The van der Waals surface area contributed by atoms with Crippen molar-refractivity contribution in [3.8, 4) is 11.5 Å². The van der Waals surface area contributed by atoms with E-state index in [2.05, 4.69) is 11.9 Å². The molecular weight excluding hydrogens is 270 g/mol. The zero-order chi connectivity index (χ0) is 15.5. The monoisotopic (exact) mass is 293 g/mol. The van der Waals surface area contributed by atoms with Gasteiger partial charge in [-0.2, -0.15) is 0 Å². The van der Waals surface area contributed by atoms with E-state index in [1.807, 2.05) is 32.0 Å². The van der Waals surface area contributed by atoms with Crippen molar-refractivity contribution in [1.29, 1.82) is 0 Å². The van der Waals surface area contributed by atoms with Crippen LogP contribution in [0.1, 0.15) is 13.8 Å². The summed E-state index contributed by atoms with van der Waals surface area (Å²) in [5.74, 6) is 1.01. The Balaban J connectivity index is 2.25. The maximum absolute atomic E-state index is 11.6. The maximum atomic E-state index is 11.6. The molecule has 0 spiro atoms. The molecule has 1 aromatic carbocycles. The van der Waals surface area contributed by atoms with Gasteiger partial charge in [0.05, 0.1) is 19.8 Å². The number of nitrogens with one attached hydrogen (secondary N) is 1. The Kier molecular flexibility index (Phi) is 7.97. The number of benzene rings is 1. The lowest BCUT2D eigenvalue weighted by molar-refractivity contribution is -0.123. The molecule has 5 heteroatoms. The van der Waals surface area contributed by atoms with Crippen LogP contribution in [-0.4, -0.2) is 38.9 Å². The van der Waals surface area contributed by atoms with Crippen LogP contribution in [0.3, 0.4) is 0 Å². The summed E-state index contributed by atoms with van der Waals surface area (Å²) in [6.07, 6.45) is 0. The highest BCUT2D eigenvalue weighted by Crippen LogP contribution is 2.26. The van der Waals surface area contributed by atoms with E-state index in [0.717, 1.165) is 5.57 Å². The summed E-state index contributed by atoms with van der Waals surface area (Å²) in [4.78, 5) is 11.6. The predicted octanol–water partition coefficient (Wildman–Crippen LogP) is 2.17. The van der Waals surface area contributed by atoms with E-state index in [4.69, 9.17) is 14.2 Å². The van der Waals surface area contributed by atoms with E-state index in [0.29, 0.717) is 37.9 Å². The van der Waals surface area contributed by atoms with Gasteiger partial charge in [0.25, 0.3) is 5.91 Å². The van der Waals surface area contributed by atoms with Gasteiger partial charge in [-0.3, -0.25) is 4.79 Å². The Morgan fingerprint density at radius 3 is 2.48 bits per heavy atom. The molecule has 0 bridgehead atoms. The number of carbonyl (C=O) groups is 1. The molecule has 0 atom stereocenters. The van der Waals surface area contributed by atoms with E-state index in [9.17, 15) is 4.79 Å². The lowest BCUT2D eigenvalue weighted by Crippen LogP contribution is -2.31. The molecule has 0 aliphatic rings. The van der Waals surface area contributed by atoms with Crippen LogP contribution in [-0.2, 0) is 9.53 Å². The SMILES string of the molecule is C=C(C)COCCNC(=O)COc1ccccc1OCC. The first-order valence-electron chi connectivity index (χ1n) is 6.97. The third-order valence-corrected chi connectivity index (χ3v) is 2.42. The molecule has 116 valence electrons. The van der Waals surface area contributed by atoms with Crippen molar-refractivity contribution < 1.29 is 19.0 Å². The number of ether oxygens (including phenoxy) is 3. The second kappa shape index (κ2) is 9.83. The molecule has 0 aliphatic heterocycles. The van der Waals surface area contributed by atoms with E-state index in [1.165, 1.54) is 0 Å². The molecule has 1 N–H and O–H groups in total. The minimum atomic E-state index is -0.194. The van der Waals surface area contributed by atoms with Gasteiger partial charge in [0.15, 0.2) is 18.1 Å². The molecule has 21 heavy (non-hydrogen) atoms. The summed E-state index contributed by atoms with van der Waals surface area (Å²) in [5, 5.41) is 2.72. The smallest absolute Gasteiger partial charge is 0.258 e. The Bertz CT molecular complexity index is 459. The standard InChI is InChI=1S/C16H23NO4/c1-4-20-14-7-5-6-8-15(14)21-12-16(18)17-9-10-19-11-13(2)3/h5-8H,2,4,9-12H2,1,3H3,(H,17,18). The molecule has 0 saturated carbocycles. The summed E-state index contributed by atoms with van der Waals surface area (Å²) >= 11 is 0. The molecule has 0 aliphatic carbocycles. The summed E-state index contributed by atoms with van der Waals surface area (Å²) in [5.41, 5.74) is 0.956. The van der Waals surface area contributed by atoms with Crippen LogP contribution in [0.4, 0.5) is 0 Å². The summed E-state index contributed by atoms with van der Waals surface area (Å²) in [7, 11) is 0. The fourth-order valence-electron chi connectivity index (χ4n) is 1.55. The second-order valence-corrected chi connectivity index (χ2v) is 4.53. The topological polar surface area (TPSA) is 56.8 Å². The first-order valence-corrected chi connectivity index (χ1v) is 6.97. The molecule has 0 aromatic heterocycles. The third-order valence-electron chi connectivity index (χ3n) is 2.42. The van der Waals surface area contributed by atoms with Crippen LogP contribution in [0, 0.1) is 0 Å². The van der Waals surface area contributed by atoms with Gasteiger partial charge in [-0.05, 0) is 26.0 Å². The van der Waals surface area contributed by atoms with Gasteiger partial charge in [0.2, 0.25) is 0 Å². The van der Waals surface area contributed by atoms with Crippen LogP contribution in [0.5, 0.6) is 11.5 Å². The fourth-order valence-corrected chi connectivity index (χ4v) is 1.55. The number of rotatable bonds is 10. The molecule has 5 nitrogen and oxygen atoms in total. The van der Waals surface area contributed by atoms with Crippen molar-refractivity contribution in [2.45, 2.75) is 13.8 Å². The van der Waals surface area contributed by atoms with E-state index < -0.39 is 0 Å². The van der Waals surface area contributed by atoms with Crippen molar-refractivity contribution in [3.05, 3.63) is 36.4 Å². The van der Waals surface area contributed by atoms with Crippen molar-refractivity contribution in [3.63, 3.8) is 0 Å². The number of hydrogen-bond acceptors (Lipinski definition) is 4. The number of para-hydroxylation sites is 2. The van der Waals surface area contributed by atoms with Gasteiger partial charge in [-0.1, -0.05) is 24.3 Å². The molecule has 1 rings (SSSR count). The summed E-state index contributed by atoms with van der Waals surface area (Å²) < 4.78 is 16.2. The first-order chi connectivity index (χ1) is 10.1. The van der Waals surface area contributed by atoms with Crippen LogP contribution in [0.15, 0.2) is 36.4 Å². The van der Waals surface area contributed by atoms with Gasteiger partial charge >= 0.3 is 0 Å². The highest BCUT2D eigenvalue weighted by atomic mass is 16.5. The minimum Gasteiger partial charge on any atom is -0.490 e. The molecule has 0 heterocycles. The summed E-state index contributed by atoms with van der Waals surface area (Å²) in [6, 6.07) is 7.27. The molecule has 0 unspecified atom stereocenters. The average Bonchev–Trinajstić information content (AvgIpc) is 2.46. The van der Waals surface area contributed by atoms with Gasteiger partial charge in [0.1, 0.15) is 0 Å². The number of hydrogen-bond donors (Lipinski definition) is 1. The zero-order valence-electron chi connectivity index (χ0n) is 12.7. The van der Waals surface area contributed by atoms with E-state index in [-0.39, 0.29) is 12.5 Å². The molecule has 1 amide bonds. The predicted molar refractivity (Wildman–Crippen MR) is 81.7 cm³/mol. The van der Waals surface area contributed by atoms with Gasteiger partial charge in [-0.25, -0.2) is 0 Å². The Morgan fingerprint density at radius 1 is 1.19 bits per heavy atom. The largest absolute Gasteiger partial charge is 0.490 e. The van der Waals surface area contributed by atoms with Crippen LogP contribution in [0.2, 0.25) is 0 Å². The summed E-state index contributed by atoms with van der Waals surface area (Å²) in [6.45, 7) is 9.42. The Hall–Kier alpha value is -2.01. The van der Waals surface area contributed by atoms with Gasteiger partial charge in [-0.15, -0.1) is 0 Å². The molecule has 0 fully saturated rings. The molecule has 1 aromatic rings. The van der Waals surface area contributed by atoms with Gasteiger partial charge < -0.3 is 19.5 Å². The lowest BCUT2D eigenvalue weighted by atomic mass is 10.3. The Labute approximate surface area is 125 Å². The van der Waals surface area contributed by atoms with Crippen LogP contribution < -0.4 is 14.8 Å². The first kappa shape index (κ1) is 17.0. The highest BCUT2D eigenvalue weighted by Gasteiger charge is 2.06. The molecule has 0 saturated heterocycles. The third kappa shape index (κ3) is 7.37. The molecular formula is C16H23NO4. The number of amides is 1. The molecule has 0 radical (unpaired) electrons. The second-order valence-electron chi connectivity index (χ2n) is 4.53.